The molecule has 0 radical (unpaired) electrons. The Bertz CT molecular complexity index is 361. The van der Waals surface area contributed by atoms with E-state index >= 15 is 0 Å². The third-order valence-corrected chi connectivity index (χ3v) is 5.13. The molecular weight excluding hydrogens is 278 g/mol. The van der Waals surface area contributed by atoms with Crippen LogP contribution in [-0.4, -0.2) is 70.8 Å². The molecule has 1 aliphatic heterocycles. The Morgan fingerprint density at radius 2 is 2.10 bits per heavy atom. The number of thioether (sulfide) groups is 1. The van der Waals surface area contributed by atoms with Gasteiger partial charge < -0.3 is 20.2 Å². The number of amides is 2. The van der Waals surface area contributed by atoms with Gasteiger partial charge in [0.2, 0.25) is 0 Å². The number of hydrogen-bond acceptors (Lipinski definition) is 4. The van der Waals surface area contributed by atoms with Crippen LogP contribution in [-0.2, 0) is 4.79 Å². The number of nitrogens with one attached hydrogen (secondary N) is 1. The zero-order valence-corrected chi connectivity index (χ0v) is 12.7. The number of aliphatic carboxylic acids is 1. The summed E-state index contributed by atoms with van der Waals surface area (Å²) in [7, 11) is 2.09. The minimum Gasteiger partial charge on any atom is -0.480 e. The molecule has 1 heterocycles. The largest absolute Gasteiger partial charge is 0.480 e. The summed E-state index contributed by atoms with van der Waals surface area (Å²) >= 11 is 1.48. The Balaban J connectivity index is 1.70. The van der Waals surface area contributed by atoms with E-state index < -0.39 is 12.0 Å². The Labute approximate surface area is 123 Å². The molecule has 1 saturated carbocycles. The fraction of sp³-hybridized carbons (Fsp3) is 0.846. The summed E-state index contributed by atoms with van der Waals surface area (Å²) in [5.74, 6) is 0.0136. The van der Waals surface area contributed by atoms with Crippen LogP contribution in [0.15, 0.2) is 0 Å². The molecule has 2 fully saturated rings. The van der Waals surface area contributed by atoms with Gasteiger partial charge in [-0.05, 0) is 19.9 Å². The first-order valence-electron chi connectivity index (χ1n) is 7.15. The maximum absolute atomic E-state index is 12.0. The quantitative estimate of drug-likeness (QED) is 0.793. The molecule has 114 valence electrons. The van der Waals surface area contributed by atoms with Gasteiger partial charge >= 0.3 is 12.0 Å². The van der Waals surface area contributed by atoms with Gasteiger partial charge in [0.25, 0.3) is 0 Å². The Morgan fingerprint density at radius 3 is 2.75 bits per heavy atom. The van der Waals surface area contributed by atoms with E-state index in [0.717, 1.165) is 6.54 Å². The molecule has 1 aliphatic carbocycles. The van der Waals surface area contributed by atoms with Gasteiger partial charge in [-0.2, -0.15) is 0 Å². The fourth-order valence-corrected chi connectivity index (χ4v) is 3.96. The molecule has 1 saturated heterocycles. The summed E-state index contributed by atoms with van der Waals surface area (Å²) in [6.45, 7) is 1.38. The van der Waals surface area contributed by atoms with Crippen LogP contribution in [0.4, 0.5) is 4.79 Å². The average molecular weight is 301 g/mol. The number of hydrogen-bond donors (Lipinski definition) is 2. The Hall–Kier alpha value is -0.950. The third kappa shape index (κ3) is 3.79. The Kier molecular flexibility index (Phi) is 5.54. The molecule has 2 rings (SSSR count). The molecule has 6 nitrogen and oxygen atoms in total. The fourth-order valence-electron chi connectivity index (χ4n) is 2.82. The van der Waals surface area contributed by atoms with Crippen molar-refractivity contribution in [3.63, 3.8) is 0 Å². The molecule has 7 heteroatoms. The number of rotatable bonds is 5. The maximum atomic E-state index is 12.0. The van der Waals surface area contributed by atoms with Crippen LogP contribution in [0.3, 0.4) is 0 Å². The van der Waals surface area contributed by atoms with Crippen LogP contribution in [0.25, 0.3) is 0 Å². The number of likely N-dealkylation sites (N-methyl/N-ethyl adjacent to an activating group) is 1. The van der Waals surface area contributed by atoms with Gasteiger partial charge in [-0.15, -0.1) is 11.8 Å². The number of carbonyl (C=O) groups excluding carboxylic acids is 1. The van der Waals surface area contributed by atoms with Crippen molar-refractivity contribution in [1.29, 1.82) is 0 Å². The molecule has 1 atom stereocenters. The van der Waals surface area contributed by atoms with E-state index in [9.17, 15) is 9.59 Å². The van der Waals surface area contributed by atoms with Crippen LogP contribution < -0.4 is 5.32 Å². The number of urea groups is 1. The first-order valence-corrected chi connectivity index (χ1v) is 8.30. The van der Waals surface area contributed by atoms with Gasteiger partial charge in [-0.1, -0.05) is 12.8 Å². The van der Waals surface area contributed by atoms with E-state index in [-0.39, 0.29) is 6.03 Å². The second kappa shape index (κ2) is 7.17. The highest BCUT2D eigenvalue weighted by Gasteiger charge is 2.34. The van der Waals surface area contributed by atoms with Crippen LogP contribution in [0.2, 0.25) is 0 Å². The lowest BCUT2D eigenvalue weighted by Crippen LogP contribution is -2.48. The zero-order valence-electron chi connectivity index (χ0n) is 11.9. The predicted molar refractivity (Wildman–Crippen MR) is 78.9 cm³/mol. The van der Waals surface area contributed by atoms with E-state index in [2.05, 4.69) is 17.3 Å². The molecule has 0 spiro atoms. The van der Waals surface area contributed by atoms with Crippen molar-refractivity contribution >= 4 is 23.8 Å². The van der Waals surface area contributed by atoms with Crippen molar-refractivity contribution in [2.75, 3.05) is 31.8 Å². The van der Waals surface area contributed by atoms with E-state index in [1.807, 2.05) is 0 Å². The number of carbonyl (C=O) groups is 2. The minimum absolute atomic E-state index is 0.262. The molecule has 0 bridgehead atoms. The van der Waals surface area contributed by atoms with Crippen molar-refractivity contribution in [3.8, 4) is 0 Å². The minimum atomic E-state index is -0.923. The SMILES string of the molecule is CN(CCNC(=O)N1CSCC1C(=O)O)C1CCCC1. The summed E-state index contributed by atoms with van der Waals surface area (Å²) in [5.41, 5.74) is 0. The van der Waals surface area contributed by atoms with Crippen LogP contribution in [0.5, 0.6) is 0 Å². The van der Waals surface area contributed by atoms with Gasteiger partial charge in [0.1, 0.15) is 6.04 Å². The van der Waals surface area contributed by atoms with Crippen molar-refractivity contribution in [2.24, 2.45) is 0 Å². The molecule has 2 amide bonds. The summed E-state index contributed by atoms with van der Waals surface area (Å²) in [6, 6.07) is -0.309. The predicted octanol–water partition coefficient (Wildman–Crippen LogP) is 1.03. The first-order chi connectivity index (χ1) is 9.59. The highest BCUT2D eigenvalue weighted by molar-refractivity contribution is 7.99. The Morgan fingerprint density at radius 1 is 1.40 bits per heavy atom. The number of carboxylic acids is 1. The molecule has 0 aromatic heterocycles. The molecular formula is C13H23N3O3S. The van der Waals surface area contributed by atoms with Crippen LogP contribution in [0.1, 0.15) is 25.7 Å². The van der Waals surface area contributed by atoms with Crippen molar-refractivity contribution in [3.05, 3.63) is 0 Å². The van der Waals surface area contributed by atoms with Crippen LogP contribution >= 0.6 is 11.8 Å². The number of carboxylic acid groups (broad SMARTS) is 1. The van der Waals surface area contributed by atoms with E-state index in [4.69, 9.17) is 5.11 Å². The third-order valence-electron chi connectivity index (χ3n) is 4.12. The second-order valence-corrected chi connectivity index (χ2v) is 6.47. The van der Waals surface area contributed by atoms with Gasteiger partial charge in [-0.25, -0.2) is 9.59 Å². The molecule has 1 unspecified atom stereocenters. The van der Waals surface area contributed by atoms with Gasteiger partial charge in [-0.3, -0.25) is 0 Å². The first kappa shape index (κ1) is 15.4. The highest BCUT2D eigenvalue weighted by Crippen LogP contribution is 2.22. The van der Waals surface area contributed by atoms with Gasteiger partial charge in [0.15, 0.2) is 0 Å². The molecule has 0 aromatic carbocycles. The summed E-state index contributed by atoms with van der Waals surface area (Å²) < 4.78 is 0. The molecule has 20 heavy (non-hydrogen) atoms. The molecule has 0 aromatic rings. The second-order valence-electron chi connectivity index (χ2n) is 5.47. The van der Waals surface area contributed by atoms with Gasteiger partial charge in [0.05, 0.1) is 5.88 Å². The van der Waals surface area contributed by atoms with Crippen molar-refractivity contribution in [1.82, 2.24) is 15.1 Å². The lowest BCUT2D eigenvalue weighted by atomic mass is 10.2. The van der Waals surface area contributed by atoms with Crippen molar-refractivity contribution in [2.45, 2.75) is 37.8 Å². The smallest absolute Gasteiger partial charge is 0.327 e. The average Bonchev–Trinajstić information content (AvgIpc) is 3.09. The van der Waals surface area contributed by atoms with Crippen LogP contribution in [0, 0.1) is 0 Å². The highest BCUT2D eigenvalue weighted by atomic mass is 32.2. The summed E-state index contributed by atoms with van der Waals surface area (Å²) in [5, 5.41) is 11.9. The van der Waals surface area contributed by atoms with E-state index in [0.29, 0.717) is 24.2 Å². The van der Waals surface area contributed by atoms with E-state index in [1.165, 1.54) is 42.3 Å². The summed E-state index contributed by atoms with van der Waals surface area (Å²) in [6.07, 6.45) is 5.09. The zero-order chi connectivity index (χ0) is 14.5. The van der Waals surface area contributed by atoms with Crippen molar-refractivity contribution < 1.29 is 14.7 Å². The normalized spacial score (nSPS) is 23.5. The molecule has 2 aliphatic rings. The lowest BCUT2D eigenvalue weighted by molar-refractivity contribution is -0.140. The summed E-state index contributed by atoms with van der Waals surface area (Å²) in [4.78, 5) is 26.7. The van der Waals surface area contributed by atoms with E-state index in [1.54, 1.807) is 0 Å². The monoisotopic (exact) mass is 301 g/mol. The topological polar surface area (TPSA) is 72.9 Å². The lowest BCUT2D eigenvalue weighted by Gasteiger charge is -2.25. The van der Waals surface area contributed by atoms with Gasteiger partial charge in [0, 0.05) is 24.9 Å². The number of nitrogens with zero attached hydrogens (tertiary/aromatic N) is 2. The standard InChI is InChI=1S/C13H23N3O3S/c1-15(10-4-2-3-5-10)7-6-14-13(19)16-9-20-8-11(16)12(17)18/h10-11H,2-9H2,1H3,(H,14,19)(H,17,18). The maximum Gasteiger partial charge on any atom is 0.327 e. The molecule has 2 N–H and O–H groups in total.